The van der Waals surface area contributed by atoms with Gasteiger partial charge in [-0.05, 0) is 15.9 Å². The van der Waals surface area contributed by atoms with Crippen LogP contribution in [0.5, 0.6) is 0 Å². The first kappa shape index (κ1) is 9.51. The predicted molar refractivity (Wildman–Crippen MR) is 45.8 cm³/mol. The quantitative estimate of drug-likeness (QED) is 0.427. The minimum Gasteiger partial charge on any atom is -0.357 e. The number of hydrogen-bond acceptors (Lipinski definition) is 0. The number of benzene rings is 1. The molecule has 0 saturated heterocycles. The van der Waals surface area contributed by atoms with Crippen LogP contribution >= 0.6 is 15.9 Å². The number of hydrogen-bond donors (Lipinski definition) is 1. The van der Waals surface area contributed by atoms with E-state index in [0.717, 1.165) is 0 Å². The van der Waals surface area contributed by atoms with Gasteiger partial charge in [-0.2, -0.15) is 0 Å². The highest BCUT2D eigenvalue weighted by atomic mass is 79.9. The standard InChI is InChI=1S/C8H2BrF4N/c9-2-1-14-8-3(2)4(10)5(11)6(12)7(8)13/h1,14H. The van der Waals surface area contributed by atoms with E-state index in [1.807, 2.05) is 0 Å². The average Bonchev–Trinajstić information content (AvgIpc) is 2.54. The van der Waals surface area contributed by atoms with Crippen LogP contribution in [0, 0.1) is 23.3 Å². The molecule has 0 bridgehead atoms. The third-order valence-electron chi connectivity index (χ3n) is 1.85. The lowest BCUT2D eigenvalue weighted by atomic mass is 10.2. The predicted octanol–water partition coefficient (Wildman–Crippen LogP) is 3.49. The molecule has 1 aromatic heterocycles. The molecular formula is C8H2BrF4N. The summed E-state index contributed by atoms with van der Waals surface area (Å²) in [6.07, 6.45) is 1.20. The first-order valence-corrected chi connectivity index (χ1v) is 4.32. The van der Waals surface area contributed by atoms with Gasteiger partial charge in [0.25, 0.3) is 0 Å². The van der Waals surface area contributed by atoms with Gasteiger partial charge in [-0.1, -0.05) is 0 Å². The molecule has 1 nitrogen and oxygen atoms in total. The van der Waals surface area contributed by atoms with Crippen molar-refractivity contribution >= 4 is 26.8 Å². The Bertz CT molecular complexity index is 520. The number of halogens is 5. The second-order valence-corrected chi connectivity index (χ2v) is 3.50. The number of H-pyrrole nitrogens is 1. The molecule has 1 heterocycles. The van der Waals surface area contributed by atoms with Crippen molar-refractivity contribution in [1.29, 1.82) is 0 Å². The van der Waals surface area contributed by atoms with Crippen molar-refractivity contribution in [1.82, 2.24) is 4.98 Å². The maximum atomic E-state index is 13.1. The van der Waals surface area contributed by atoms with Gasteiger partial charge in [0.05, 0.1) is 10.9 Å². The SMILES string of the molecule is Fc1c(F)c(F)c2c(Br)c[nH]c2c1F. The van der Waals surface area contributed by atoms with Gasteiger partial charge in [0.2, 0.25) is 0 Å². The smallest absolute Gasteiger partial charge is 0.199 e. The van der Waals surface area contributed by atoms with E-state index in [9.17, 15) is 17.6 Å². The topological polar surface area (TPSA) is 15.8 Å². The molecule has 0 aliphatic carbocycles. The summed E-state index contributed by atoms with van der Waals surface area (Å²) < 4.78 is 51.7. The van der Waals surface area contributed by atoms with E-state index in [-0.39, 0.29) is 9.86 Å². The number of aromatic amines is 1. The first-order valence-electron chi connectivity index (χ1n) is 3.52. The highest BCUT2D eigenvalue weighted by Crippen LogP contribution is 2.31. The molecule has 0 spiro atoms. The lowest BCUT2D eigenvalue weighted by Gasteiger charge is -1.99. The highest BCUT2D eigenvalue weighted by molar-refractivity contribution is 9.10. The summed E-state index contributed by atoms with van der Waals surface area (Å²) in [6.45, 7) is 0. The second kappa shape index (κ2) is 2.98. The Labute approximate surface area is 83.9 Å². The van der Waals surface area contributed by atoms with Crippen molar-refractivity contribution in [2.24, 2.45) is 0 Å². The maximum absolute atomic E-state index is 13.1. The van der Waals surface area contributed by atoms with Gasteiger partial charge in [0.15, 0.2) is 23.3 Å². The van der Waals surface area contributed by atoms with Gasteiger partial charge >= 0.3 is 0 Å². The zero-order valence-electron chi connectivity index (χ0n) is 6.47. The zero-order chi connectivity index (χ0) is 10.5. The van der Waals surface area contributed by atoms with E-state index in [2.05, 4.69) is 20.9 Å². The molecule has 74 valence electrons. The lowest BCUT2D eigenvalue weighted by Crippen LogP contribution is -1.96. The summed E-state index contributed by atoms with van der Waals surface area (Å²) in [6, 6.07) is 0. The largest absolute Gasteiger partial charge is 0.357 e. The Morgan fingerprint density at radius 1 is 0.929 bits per heavy atom. The van der Waals surface area contributed by atoms with Crippen molar-refractivity contribution in [3.8, 4) is 0 Å². The summed E-state index contributed by atoms with van der Waals surface area (Å²) in [5.74, 6) is -6.46. The molecule has 6 heteroatoms. The van der Waals surface area contributed by atoms with Gasteiger partial charge in [-0.3, -0.25) is 0 Å². The van der Waals surface area contributed by atoms with Crippen LogP contribution < -0.4 is 0 Å². The molecule has 1 aromatic carbocycles. The van der Waals surface area contributed by atoms with Crippen molar-refractivity contribution < 1.29 is 17.6 Å². The molecule has 0 amide bonds. The second-order valence-electron chi connectivity index (χ2n) is 2.64. The third-order valence-corrected chi connectivity index (χ3v) is 2.47. The van der Waals surface area contributed by atoms with Gasteiger partial charge in [0.1, 0.15) is 0 Å². The van der Waals surface area contributed by atoms with Gasteiger partial charge in [0, 0.05) is 10.7 Å². The normalized spacial score (nSPS) is 11.2. The fourth-order valence-electron chi connectivity index (χ4n) is 1.20. The van der Waals surface area contributed by atoms with Crippen molar-refractivity contribution in [3.05, 3.63) is 33.9 Å². The molecule has 0 fully saturated rings. The van der Waals surface area contributed by atoms with Gasteiger partial charge < -0.3 is 4.98 Å². The number of nitrogens with one attached hydrogen (secondary N) is 1. The van der Waals surface area contributed by atoms with E-state index >= 15 is 0 Å². The molecule has 0 saturated carbocycles. The Kier molecular flexibility index (Phi) is 2.02. The van der Waals surface area contributed by atoms with Crippen LogP contribution in [0.2, 0.25) is 0 Å². The minimum atomic E-state index is -1.82. The van der Waals surface area contributed by atoms with E-state index < -0.39 is 28.8 Å². The van der Waals surface area contributed by atoms with E-state index in [1.54, 1.807) is 0 Å². The summed E-state index contributed by atoms with van der Waals surface area (Å²) in [5.41, 5.74) is -0.395. The van der Waals surface area contributed by atoms with E-state index in [4.69, 9.17) is 0 Å². The van der Waals surface area contributed by atoms with Crippen molar-refractivity contribution in [3.63, 3.8) is 0 Å². The van der Waals surface area contributed by atoms with Crippen LogP contribution in [0.25, 0.3) is 10.9 Å². The summed E-state index contributed by atoms with van der Waals surface area (Å²) in [5, 5.41) is -0.332. The molecule has 0 aliphatic heterocycles. The molecule has 1 N–H and O–H groups in total. The maximum Gasteiger partial charge on any atom is 0.199 e. The molecule has 2 rings (SSSR count). The van der Waals surface area contributed by atoms with Gasteiger partial charge in [-0.25, -0.2) is 17.6 Å². The monoisotopic (exact) mass is 267 g/mol. The van der Waals surface area contributed by atoms with Crippen LogP contribution in [-0.2, 0) is 0 Å². The number of aromatic nitrogens is 1. The summed E-state index contributed by atoms with van der Waals surface area (Å²) >= 11 is 2.88. The Morgan fingerprint density at radius 2 is 1.50 bits per heavy atom. The van der Waals surface area contributed by atoms with E-state index in [1.165, 1.54) is 6.20 Å². The first-order chi connectivity index (χ1) is 6.54. The van der Waals surface area contributed by atoms with Crippen LogP contribution in [0.3, 0.4) is 0 Å². The fourth-order valence-corrected chi connectivity index (χ4v) is 1.69. The average molecular weight is 268 g/mol. The number of fused-ring (bicyclic) bond motifs is 1. The van der Waals surface area contributed by atoms with Crippen LogP contribution in [0.15, 0.2) is 10.7 Å². The van der Waals surface area contributed by atoms with Crippen LogP contribution in [-0.4, -0.2) is 4.98 Å². The number of rotatable bonds is 0. The molecule has 0 unspecified atom stereocenters. The van der Waals surface area contributed by atoms with Crippen LogP contribution in [0.1, 0.15) is 0 Å². The summed E-state index contributed by atoms with van der Waals surface area (Å²) in [4.78, 5) is 2.30. The molecule has 2 aromatic rings. The Morgan fingerprint density at radius 3 is 2.14 bits per heavy atom. The molecular weight excluding hydrogens is 266 g/mol. The van der Waals surface area contributed by atoms with E-state index in [0.29, 0.717) is 0 Å². The van der Waals surface area contributed by atoms with Gasteiger partial charge in [-0.15, -0.1) is 0 Å². The van der Waals surface area contributed by atoms with Crippen molar-refractivity contribution in [2.75, 3.05) is 0 Å². The molecule has 14 heavy (non-hydrogen) atoms. The fraction of sp³-hybridized carbons (Fsp3) is 0. The lowest BCUT2D eigenvalue weighted by molar-refractivity contribution is 0.417. The molecule has 0 aliphatic rings. The highest BCUT2D eigenvalue weighted by Gasteiger charge is 2.22. The molecule has 0 atom stereocenters. The third kappa shape index (κ3) is 1.06. The summed E-state index contributed by atoms with van der Waals surface area (Å²) in [7, 11) is 0. The van der Waals surface area contributed by atoms with Crippen molar-refractivity contribution in [2.45, 2.75) is 0 Å². The molecule has 0 radical (unpaired) electrons. The Hall–Kier alpha value is -1.04. The van der Waals surface area contributed by atoms with Crippen LogP contribution in [0.4, 0.5) is 17.6 Å². The Balaban J connectivity index is 3.05. The zero-order valence-corrected chi connectivity index (χ0v) is 8.05. The minimum absolute atomic E-state index is 0.141.